The quantitative estimate of drug-likeness (QED) is 0.661. The molecule has 1 heterocycles. The average molecular weight is 291 g/mol. The highest BCUT2D eigenvalue weighted by molar-refractivity contribution is 6.35. The minimum absolute atomic E-state index is 0.272. The van der Waals surface area contributed by atoms with Crippen LogP contribution in [0.4, 0.5) is 10.1 Å². The van der Waals surface area contributed by atoms with Crippen LogP contribution in [-0.4, -0.2) is 49.4 Å². The van der Waals surface area contributed by atoms with Crippen molar-refractivity contribution in [3.05, 3.63) is 42.7 Å². The fourth-order valence-corrected chi connectivity index (χ4v) is 2.20. The van der Waals surface area contributed by atoms with Crippen LogP contribution < -0.4 is 10.2 Å². The summed E-state index contributed by atoms with van der Waals surface area (Å²) in [7, 11) is 0. The number of anilines is 1. The zero-order chi connectivity index (χ0) is 15.2. The van der Waals surface area contributed by atoms with Gasteiger partial charge in [0.25, 0.3) is 0 Å². The molecule has 112 valence electrons. The third kappa shape index (κ3) is 3.81. The van der Waals surface area contributed by atoms with E-state index in [1.165, 1.54) is 23.1 Å². The van der Waals surface area contributed by atoms with Crippen molar-refractivity contribution in [1.29, 1.82) is 0 Å². The molecule has 0 radical (unpaired) electrons. The second-order valence-corrected chi connectivity index (χ2v) is 4.75. The number of benzene rings is 1. The number of halogens is 1. The second kappa shape index (κ2) is 6.88. The molecule has 2 amide bonds. The van der Waals surface area contributed by atoms with Crippen molar-refractivity contribution < 1.29 is 14.0 Å². The molecule has 21 heavy (non-hydrogen) atoms. The molecule has 1 aromatic rings. The van der Waals surface area contributed by atoms with Crippen molar-refractivity contribution in [2.45, 2.75) is 0 Å². The Hall–Kier alpha value is -2.37. The van der Waals surface area contributed by atoms with Crippen LogP contribution in [0.2, 0.25) is 0 Å². The second-order valence-electron chi connectivity index (χ2n) is 4.75. The fourth-order valence-electron chi connectivity index (χ4n) is 2.20. The maximum Gasteiger partial charge on any atom is 0.312 e. The highest BCUT2D eigenvalue weighted by Gasteiger charge is 2.25. The minimum Gasteiger partial charge on any atom is -0.368 e. The Labute approximate surface area is 123 Å². The van der Waals surface area contributed by atoms with Gasteiger partial charge < -0.3 is 15.1 Å². The van der Waals surface area contributed by atoms with Crippen molar-refractivity contribution in [2.75, 3.05) is 37.6 Å². The molecule has 2 rings (SSSR count). The van der Waals surface area contributed by atoms with E-state index in [0.717, 1.165) is 5.69 Å². The monoisotopic (exact) mass is 291 g/mol. The molecule has 0 spiro atoms. The normalized spacial score (nSPS) is 14.7. The lowest BCUT2D eigenvalue weighted by Crippen LogP contribution is -2.52. The maximum absolute atomic E-state index is 12.9. The van der Waals surface area contributed by atoms with Gasteiger partial charge in [-0.15, -0.1) is 6.58 Å². The van der Waals surface area contributed by atoms with Gasteiger partial charge in [-0.2, -0.15) is 0 Å². The van der Waals surface area contributed by atoms with Crippen molar-refractivity contribution >= 4 is 17.5 Å². The van der Waals surface area contributed by atoms with E-state index in [-0.39, 0.29) is 12.4 Å². The van der Waals surface area contributed by atoms with E-state index in [2.05, 4.69) is 16.8 Å². The van der Waals surface area contributed by atoms with Gasteiger partial charge in [0.15, 0.2) is 0 Å². The largest absolute Gasteiger partial charge is 0.368 e. The highest BCUT2D eigenvalue weighted by Crippen LogP contribution is 2.16. The number of nitrogens with one attached hydrogen (secondary N) is 1. The van der Waals surface area contributed by atoms with E-state index in [4.69, 9.17) is 0 Å². The number of hydrogen-bond donors (Lipinski definition) is 1. The molecular formula is C15H18FN3O2. The summed E-state index contributed by atoms with van der Waals surface area (Å²) >= 11 is 0. The summed E-state index contributed by atoms with van der Waals surface area (Å²) < 4.78 is 12.9. The van der Waals surface area contributed by atoms with Crippen LogP contribution in [0.1, 0.15) is 0 Å². The highest BCUT2D eigenvalue weighted by atomic mass is 19.1. The Morgan fingerprint density at radius 1 is 1.19 bits per heavy atom. The zero-order valence-corrected chi connectivity index (χ0v) is 11.7. The van der Waals surface area contributed by atoms with Crippen LogP contribution in [0.25, 0.3) is 0 Å². The van der Waals surface area contributed by atoms with Gasteiger partial charge in [-0.3, -0.25) is 9.59 Å². The van der Waals surface area contributed by atoms with Crippen molar-refractivity contribution in [2.24, 2.45) is 0 Å². The SMILES string of the molecule is C=CCNC(=O)C(=O)N1CCN(c2ccc(F)cc2)CC1. The van der Waals surface area contributed by atoms with Gasteiger partial charge in [0.2, 0.25) is 0 Å². The number of hydrogen-bond acceptors (Lipinski definition) is 3. The van der Waals surface area contributed by atoms with E-state index in [1.807, 2.05) is 0 Å². The molecule has 0 atom stereocenters. The number of piperazine rings is 1. The van der Waals surface area contributed by atoms with Crippen LogP contribution in [-0.2, 0) is 9.59 Å². The average Bonchev–Trinajstić information content (AvgIpc) is 2.53. The lowest BCUT2D eigenvalue weighted by atomic mass is 10.2. The van der Waals surface area contributed by atoms with E-state index in [9.17, 15) is 14.0 Å². The van der Waals surface area contributed by atoms with Crippen LogP contribution >= 0.6 is 0 Å². The first kappa shape index (κ1) is 15.0. The third-order valence-electron chi connectivity index (χ3n) is 3.36. The predicted octanol–water partition coefficient (Wildman–Crippen LogP) is 0.777. The molecule has 0 bridgehead atoms. The van der Waals surface area contributed by atoms with Gasteiger partial charge in [-0.05, 0) is 24.3 Å². The lowest BCUT2D eigenvalue weighted by Gasteiger charge is -2.35. The molecule has 5 nitrogen and oxygen atoms in total. The lowest BCUT2D eigenvalue weighted by molar-refractivity contribution is -0.145. The van der Waals surface area contributed by atoms with E-state index >= 15 is 0 Å². The topological polar surface area (TPSA) is 52.7 Å². The molecule has 1 aliphatic heterocycles. The summed E-state index contributed by atoms with van der Waals surface area (Å²) in [6.07, 6.45) is 1.53. The molecule has 0 unspecified atom stereocenters. The standard InChI is InChI=1S/C15H18FN3O2/c1-2-7-17-14(20)15(21)19-10-8-18(9-11-19)13-5-3-12(16)4-6-13/h2-6H,1,7-11H2,(H,17,20). The van der Waals surface area contributed by atoms with Crippen molar-refractivity contribution in [1.82, 2.24) is 10.2 Å². The summed E-state index contributed by atoms with van der Waals surface area (Å²) in [6, 6.07) is 6.25. The number of rotatable bonds is 3. The van der Waals surface area contributed by atoms with Crippen molar-refractivity contribution in [3.63, 3.8) is 0 Å². The molecule has 1 aliphatic rings. The third-order valence-corrected chi connectivity index (χ3v) is 3.36. The summed E-state index contributed by atoms with van der Waals surface area (Å²) in [4.78, 5) is 27.1. The number of nitrogens with zero attached hydrogens (tertiary/aromatic N) is 2. The molecule has 0 saturated carbocycles. The summed E-state index contributed by atoms with van der Waals surface area (Å²) in [6.45, 7) is 5.93. The smallest absolute Gasteiger partial charge is 0.312 e. The van der Waals surface area contributed by atoms with E-state index in [0.29, 0.717) is 26.2 Å². The van der Waals surface area contributed by atoms with Crippen molar-refractivity contribution in [3.8, 4) is 0 Å². The molecule has 1 fully saturated rings. The van der Waals surface area contributed by atoms with Gasteiger partial charge >= 0.3 is 11.8 Å². The maximum atomic E-state index is 12.9. The van der Waals surface area contributed by atoms with Gasteiger partial charge in [-0.1, -0.05) is 6.08 Å². The van der Waals surface area contributed by atoms with Crippen LogP contribution in [0, 0.1) is 5.82 Å². The molecule has 1 saturated heterocycles. The summed E-state index contributed by atoms with van der Waals surface area (Å²) in [5, 5.41) is 2.48. The zero-order valence-electron chi connectivity index (χ0n) is 11.7. The van der Waals surface area contributed by atoms with E-state index < -0.39 is 11.8 Å². The Bertz CT molecular complexity index is 522. The summed E-state index contributed by atoms with van der Waals surface area (Å²) in [5.41, 5.74) is 0.916. The first-order chi connectivity index (χ1) is 10.1. The van der Waals surface area contributed by atoms with Gasteiger partial charge in [0.1, 0.15) is 5.82 Å². The minimum atomic E-state index is -0.606. The Balaban J connectivity index is 1.88. The number of carbonyl (C=O) groups is 2. The van der Waals surface area contributed by atoms with Crippen LogP contribution in [0.3, 0.4) is 0 Å². The molecule has 1 aromatic carbocycles. The molecule has 6 heteroatoms. The number of carbonyl (C=O) groups excluding carboxylic acids is 2. The van der Waals surface area contributed by atoms with Gasteiger partial charge in [0.05, 0.1) is 0 Å². The fraction of sp³-hybridized carbons (Fsp3) is 0.333. The Morgan fingerprint density at radius 2 is 1.81 bits per heavy atom. The molecular weight excluding hydrogens is 273 g/mol. The van der Waals surface area contributed by atoms with Gasteiger partial charge in [0, 0.05) is 38.4 Å². The predicted molar refractivity (Wildman–Crippen MR) is 78.4 cm³/mol. The molecule has 1 N–H and O–H groups in total. The van der Waals surface area contributed by atoms with E-state index in [1.54, 1.807) is 12.1 Å². The molecule has 0 aromatic heterocycles. The van der Waals surface area contributed by atoms with Crippen LogP contribution in [0.5, 0.6) is 0 Å². The Morgan fingerprint density at radius 3 is 2.38 bits per heavy atom. The Kier molecular flexibility index (Phi) is 4.92. The molecule has 0 aliphatic carbocycles. The number of amides is 2. The first-order valence-corrected chi connectivity index (χ1v) is 6.80. The first-order valence-electron chi connectivity index (χ1n) is 6.80. The van der Waals surface area contributed by atoms with Gasteiger partial charge in [-0.25, -0.2) is 4.39 Å². The van der Waals surface area contributed by atoms with Crippen LogP contribution in [0.15, 0.2) is 36.9 Å². The summed E-state index contributed by atoms with van der Waals surface area (Å²) in [5.74, 6) is -1.40.